The van der Waals surface area contributed by atoms with Crippen molar-refractivity contribution in [2.45, 2.75) is 58.0 Å². The SMILES string of the molecule is Cc1cnccc1-c1cnn(CCNC(=O)[C@H](C)N2CCCC2=O)c1C1CC1. The van der Waals surface area contributed by atoms with Gasteiger partial charge in [0.2, 0.25) is 11.8 Å². The Labute approximate surface area is 165 Å². The second-order valence-corrected chi connectivity index (χ2v) is 7.79. The fourth-order valence-corrected chi connectivity index (χ4v) is 4.00. The van der Waals surface area contributed by atoms with Crippen molar-refractivity contribution in [2.24, 2.45) is 0 Å². The van der Waals surface area contributed by atoms with Crippen molar-refractivity contribution in [3.63, 3.8) is 0 Å². The molecule has 0 bridgehead atoms. The minimum Gasteiger partial charge on any atom is -0.352 e. The second-order valence-electron chi connectivity index (χ2n) is 7.79. The molecule has 1 saturated heterocycles. The minimum absolute atomic E-state index is 0.0723. The number of nitrogens with zero attached hydrogens (tertiary/aromatic N) is 4. The minimum atomic E-state index is -0.412. The summed E-state index contributed by atoms with van der Waals surface area (Å²) in [5.41, 5.74) is 4.74. The topological polar surface area (TPSA) is 80.1 Å². The van der Waals surface area contributed by atoms with E-state index in [1.807, 2.05) is 29.3 Å². The van der Waals surface area contributed by atoms with Gasteiger partial charge in [-0.3, -0.25) is 19.3 Å². The Morgan fingerprint density at radius 1 is 1.32 bits per heavy atom. The van der Waals surface area contributed by atoms with Gasteiger partial charge in [0.05, 0.1) is 12.7 Å². The highest BCUT2D eigenvalue weighted by atomic mass is 16.2. The maximum absolute atomic E-state index is 12.4. The third kappa shape index (κ3) is 3.66. The molecule has 2 aromatic heterocycles. The lowest BCUT2D eigenvalue weighted by Crippen LogP contribution is -2.46. The Morgan fingerprint density at radius 2 is 2.14 bits per heavy atom. The van der Waals surface area contributed by atoms with Gasteiger partial charge in [0, 0.05) is 49.1 Å². The number of aromatic nitrogens is 3. The first-order valence-corrected chi connectivity index (χ1v) is 10.1. The monoisotopic (exact) mass is 381 g/mol. The highest BCUT2D eigenvalue weighted by Crippen LogP contribution is 2.44. The zero-order chi connectivity index (χ0) is 19.7. The summed E-state index contributed by atoms with van der Waals surface area (Å²) in [6.45, 7) is 5.67. The van der Waals surface area contributed by atoms with Crippen LogP contribution in [0.1, 0.15) is 49.8 Å². The smallest absolute Gasteiger partial charge is 0.242 e. The van der Waals surface area contributed by atoms with Crippen LogP contribution in [0, 0.1) is 6.92 Å². The van der Waals surface area contributed by atoms with Crippen LogP contribution in [-0.2, 0) is 16.1 Å². The molecular weight excluding hydrogens is 354 g/mol. The van der Waals surface area contributed by atoms with Crippen LogP contribution in [0.15, 0.2) is 24.7 Å². The number of aryl methyl sites for hydroxylation is 1. The summed E-state index contributed by atoms with van der Waals surface area (Å²) in [7, 11) is 0. The van der Waals surface area contributed by atoms with E-state index in [1.165, 1.54) is 29.7 Å². The van der Waals surface area contributed by atoms with Gasteiger partial charge >= 0.3 is 0 Å². The number of amides is 2. The Balaban J connectivity index is 1.42. The van der Waals surface area contributed by atoms with E-state index < -0.39 is 6.04 Å². The summed E-state index contributed by atoms with van der Waals surface area (Å²) in [6.07, 6.45) is 9.39. The lowest BCUT2D eigenvalue weighted by atomic mass is 10.0. The van der Waals surface area contributed by atoms with Crippen molar-refractivity contribution in [1.82, 2.24) is 25.0 Å². The highest BCUT2D eigenvalue weighted by Gasteiger charge is 2.31. The average molecular weight is 381 g/mol. The number of hydrogen-bond acceptors (Lipinski definition) is 4. The predicted molar refractivity (Wildman–Crippen MR) is 106 cm³/mol. The Morgan fingerprint density at radius 3 is 2.82 bits per heavy atom. The summed E-state index contributed by atoms with van der Waals surface area (Å²) in [6, 6.07) is 1.63. The van der Waals surface area contributed by atoms with Gasteiger partial charge in [0.15, 0.2) is 0 Å². The van der Waals surface area contributed by atoms with Crippen molar-refractivity contribution < 1.29 is 9.59 Å². The molecule has 7 heteroatoms. The molecule has 28 heavy (non-hydrogen) atoms. The number of pyridine rings is 1. The molecule has 2 aliphatic rings. The molecule has 148 valence electrons. The van der Waals surface area contributed by atoms with E-state index in [-0.39, 0.29) is 11.8 Å². The van der Waals surface area contributed by atoms with E-state index in [2.05, 4.69) is 22.3 Å². The van der Waals surface area contributed by atoms with Crippen LogP contribution >= 0.6 is 0 Å². The van der Waals surface area contributed by atoms with Gasteiger partial charge in [-0.1, -0.05) is 0 Å². The number of carbonyl (C=O) groups is 2. The summed E-state index contributed by atoms with van der Waals surface area (Å²) in [4.78, 5) is 30.1. The largest absolute Gasteiger partial charge is 0.352 e. The molecule has 1 aliphatic carbocycles. The molecule has 0 radical (unpaired) electrons. The van der Waals surface area contributed by atoms with Gasteiger partial charge < -0.3 is 10.2 Å². The number of likely N-dealkylation sites (tertiary alicyclic amines) is 1. The maximum Gasteiger partial charge on any atom is 0.242 e. The summed E-state index contributed by atoms with van der Waals surface area (Å²) < 4.78 is 2.03. The van der Waals surface area contributed by atoms with E-state index in [0.29, 0.717) is 32.0 Å². The van der Waals surface area contributed by atoms with Crippen molar-refractivity contribution in [1.29, 1.82) is 0 Å². The van der Waals surface area contributed by atoms with Crippen LogP contribution in [0.25, 0.3) is 11.1 Å². The van der Waals surface area contributed by atoms with E-state index in [0.717, 1.165) is 12.0 Å². The molecule has 2 fully saturated rings. The average Bonchev–Trinajstić information content (AvgIpc) is 3.30. The highest BCUT2D eigenvalue weighted by molar-refractivity contribution is 5.88. The number of carbonyl (C=O) groups excluding carboxylic acids is 2. The molecule has 2 aromatic rings. The number of rotatable bonds is 7. The molecule has 3 heterocycles. The summed E-state index contributed by atoms with van der Waals surface area (Å²) in [5.74, 6) is 0.519. The van der Waals surface area contributed by atoms with Gasteiger partial charge in [0.1, 0.15) is 6.04 Å². The summed E-state index contributed by atoms with van der Waals surface area (Å²) >= 11 is 0. The van der Waals surface area contributed by atoms with Crippen molar-refractivity contribution in [3.8, 4) is 11.1 Å². The third-order valence-electron chi connectivity index (χ3n) is 5.73. The Hall–Kier alpha value is -2.70. The molecular formula is C21H27N5O2. The molecule has 1 N–H and O–H groups in total. The van der Waals surface area contributed by atoms with Crippen molar-refractivity contribution in [3.05, 3.63) is 35.9 Å². The zero-order valence-electron chi connectivity index (χ0n) is 16.5. The van der Waals surface area contributed by atoms with E-state index >= 15 is 0 Å². The maximum atomic E-state index is 12.4. The second kappa shape index (κ2) is 7.73. The number of nitrogens with one attached hydrogen (secondary N) is 1. The van der Waals surface area contributed by atoms with Crippen LogP contribution in [-0.4, -0.2) is 50.6 Å². The van der Waals surface area contributed by atoms with Crippen LogP contribution in [0.3, 0.4) is 0 Å². The van der Waals surface area contributed by atoms with Crippen LogP contribution in [0.5, 0.6) is 0 Å². The molecule has 0 unspecified atom stereocenters. The standard InChI is InChI=1S/C21H27N5O2/c1-14-12-22-8-7-17(14)18-13-24-26(20(18)16-5-6-16)11-9-23-21(28)15(2)25-10-3-4-19(25)27/h7-8,12-13,15-16H,3-6,9-11H2,1-2H3,(H,23,28)/t15-/m0/s1. The van der Waals surface area contributed by atoms with E-state index in [4.69, 9.17) is 0 Å². The normalized spacial score (nSPS) is 17.8. The first-order chi connectivity index (χ1) is 13.6. The van der Waals surface area contributed by atoms with Gasteiger partial charge in [-0.25, -0.2) is 0 Å². The summed E-state index contributed by atoms with van der Waals surface area (Å²) in [5, 5.41) is 7.58. The first kappa shape index (κ1) is 18.7. The Kier molecular flexibility index (Phi) is 5.15. The lowest BCUT2D eigenvalue weighted by molar-refractivity contribution is -0.136. The molecule has 0 spiro atoms. The van der Waals surface area contributed by atoms with Gasteiger partial charge in [-0.15, -0.1) is 0 Å². The van der Waals surface area contributed by atoms with Gasteiger partial charge in [-0.05, 0) is 50.3 Å². The fraction of sp³-hybridized carbons (Fsp3) is 0.524. The van der Waals surface area contributed by atoms with E-state index in [9.17, 15) is 9.59 Å². The Bertz CT molecular complexity index is 887. The predicted octanol–water partition coefficient (Wildman–Crippen LogP) is 2.26. The molecule has 4 rings (SSSR count). The van der Waals surface area contributed by atoms with E-state index in [1.54, 1.807) is 11.8 Å². The van der Waals surface area contributed by atoms with Crippen LogP contribution in [0.2, 0.25) is 0 Å². The van der Waals surface area contributed by atoms with Gasteiger partial charge in [0.25, 0.3) is 0 Å². The van der Waals surface area contributed by atoms with Crippen LogP contribution in [0.4, 0.5) is 0 Å². The zero-order valence-corrected chi connectivity index (χ0v) is 16.5. The molecule has 1 atom stereocenters. The van der Waals surface area contributed by atoms with Crippen molar-refractivity contribution >= 4 is 11.8 Å². The lowest BCUT2D eigenvalue weighted by Gasteiger charge is -2.23. The molecule has 1 saturated carbocycles. The molecule has 1 aliphatic heterocycles. The number of hydrogen-bond donors (Lipinski definition) is 1. The van der Waals surface area contributed by atoms with Gasteiger partial charge in [-0.2, -0.15) is 5.10 Å². The molecule has 0 aromatic carbocycles. The van der Waals surface area contributed by atoms with Crippen molar-refractivity contribution in [2.75, 3.05) is 13.1 Å². The quantitative estimate of drug-likeness (QED) is 0.798. The first-order valence-electron chi connectivity index (χ1n) is 10.1. The molecule has 7 nitrogen and oxygen atoms in total. The fourth-order valence-electron chi connectivity index (χ4n) is 4.00. The molecule has 2 amide bonds. The third-order valence-corrected chi connectivity index (χ3v) is 5.73. The van der Waals surface area contributed by atoms with Crippen LogP contribution < -0.4 is 5.32 Å².